The van der Waals surface area contributed by atoms with Gasteiger partial charge in [-0.2, -0.15) is 0 Å². The third-order valence-electron chi connectivity index (χ3n) is 3.06. The van der Waals surface area contributed by atoms with Gasteiger partial charge < -0.3 is 15.0 Å². The topological polar surface area (TPSA) is 67.6 Å². The summed E-state index contributed by atoms with van der Waals surface area (Å²) in [5, 5.41) is 14.4. The van der Waals surface area contributed by atoms with E-state index in [4.69, 9.17) is 4.74 Å². The quantitative estimate of drug-likeness (QED) is 0.649. The summed E-state index contributed by atoms with van der Waals surface area (Å²) in [6.07, 6.45) is 0.981. The first kappa shape index (κ1) is 12.6. The first-order valence-corrected chi connectivity index (χ1v) is 6.00. The standard InChI is InChI=1S/C12H17N3O3/c1-18-10-3-4-11(15(16)17)12(9-10)14-7-2-5-13-6-8-14/h3-4,9,13H,2,5-8H2,1H3. The van der Waals surface area contributed by atoms with Gasteiger partial charge in [0.05, 0.1) is 12.0 Å². The molecule has 98 valence electrons. The van der Waals surface area contributed by atoms with Crippen LogP contribution in [0.2, 0.25) is 0 Å². The average Bonchev–Trinajstić information content (AvgIpc) is 2.66. The van der Waals surface area contributed by atoms with E-state index in [-0.39, 0.29) is 10.6 Å². The summed E-state index contributed by atoms with van der Waals surface area (Å²) in [5.41, 5.74) is 0.778. The number of nitro benzene ring substituents is 1. The maximum atomic E-state index is 11.1. The fourth-order valence-electron chi connectivity index (χ4n) is 2.12. The van der Waals surface area contributed by atoms with Gasteiger partial charge in [0, 0.05) is 31.8 Å². The van der Waals surface area contributed by atoms with Crippen molar-refractivity contribution in [3.05, 3.63) is 28.3 Å². The first-order chi connectivity index (χ1) is 8.72. The van der Waals surface area contributed by atoms with Crippen molar-refractivity contribution in [2.75, 3.05) is 38.2 Å². The van der Waals surface area contributed by atoms with E-state index in [1.165, 1.54) is 6.07 Å². The van der Waals surface area contributed by atoms with Crippen LogP contribution in [0.25, 0.3) is 0 Å². The van der Waals surface area contributed by atoms with Gasteiger partial charge in [-0.25, -0.2) is 0 Å². The smallest absolute Gasteiger partial charge is 0.292 e. The Labute approximate surface area is 106 Å². The van der Waals surface area contributed by atoms with Crippen molar-refractivity contribution in [3.63, 3.8) is 0 Å². The fraction of sp³-hybridized carbons (Fsp3) is 0.500. The van der Waals surface area contributed by atoms with Crippen molar-refractivity contribution in [2.45, 2.75) is 6.42 Å². The van der Waals surface area contributed by atoms with Crippen LogP contribution in [-0.4, -0.2) is 38.2 Å². The number of hydrogen-bond acceptors (Lipinski definition) is 5. The van der Waals surface area contributed by atoms with Crippen molar-refractivity contribution >= 4 is 11.4 Å². The summed E-state index contributed by atoms with van der Waals surface area (Å²) in [5.74, 6) is 0.646. The molecule has 1 heterocycles. The van der Waals surface area contributed by atoms with E-state index >= 15 is 0 Å². The van der Waals surface area contributed by atoms with E-state index in [0.717, 1.165) is 32.6 Å². The molecule has 0 spiro atoms. The summed E-state index contributed by atoms with van der Waals surface area (Å²) >= 11 is 0. The first-order valence-electron chi connectivity index (χ1n) is 6.00. The molecule has 0 bridgehead atoms. The largest absolute Gasteiger partial charge is 0.497 e. The molecule has 1 aliphatic heterocycles. The lowest BCUT2D eigenvalue weighted by atomic mass is 10.2. The van der Waals surface area contributed by atoms with E-state index in [1.54, 1.807) is 19.2 Å². The summed E-state index contributed by atoms with van der Waals surface area (Å²) in [4.78, 5) is 12.8. The molecule has 0 unspecified atom stereocenters. The van der Waals surface area contributed by atoms with Gasteiger partial charge in [0.1, 0.15) is 11.4 Å². The third-order valence-corrected chi connectivity index (χ3v) is 3.06. The predicted molar refractivity (Wildman–Crippen MR) is 69.3 cm³/mol. The lowest BCUT2D eigenvalue weighted by Crippen LogP contribution is -2.28. The number of benzene rings is 1. The number of nitrogens with zero attached hydrogens (tertiary/aromatic N) is 2. The molecule has 18 heavy (non-hydrogen) atoms. The van der Waals surface area contributed by atoms with Crippen LogP contribution >= 0.6 is 0 Å². The summed E-state index contributed by atoms with van der Waals surface area (Å²) in [6, 6.07) is 4.87. The number of rotatable bonds is 3. The second-order valence-corrected chi connectivity index (χ2v) is 4.20. The molecular formula is C12H17N3O3. The van der Waals surface area contributed by atoms with Gasteiger partial charge in [0.2, 0.25) is 0 Å². The maximum Gasteiger partial charge on any atom is 0.292 e. The van der Waals surface area contributed by atoms with Crippen molar-refractivity contribution in [1.82, 2.24) is 5.32 Å². The normalized spacial score (nSPS) is 16.2. The van der Waals surface area contributed by atoms with E-state index in [0.29, 0.717) is 11.4 Å². The van der Waals surface area contributed by atoms with E-state index in [2.05, 4.69) is 5.32 Å². The Morgan fingerprint density at radius 2 is 2.22 bits per heavy atom. The molecule has 1 N–H and O–H groups in total. The van der Waals surface area contributed by atoms with Gasteiger partial charge in [-0.05, 0) is 19.0 Å². The van der Waals surface area contributed by atoms with Crippen LogP contribution in [0.1, 0.15) is 6.42 Å². The molecule has 1 aromatic rings. The number of methoxy groups -OCH3 is 1. The monoisotopic (exact) mass is 251 g/mol. The third kappa shape index (κ3) is 2.70. The number of nitrogens with one attached hydrogen (secondary N) is 1. The zero-order chi connectivity index (χ0) is 13.0. The van der Waals surface area contributed by atoms with Gasteiger partial charge in [-0.3, -0.25) is 10.1 Å². The van der Waals surface area contributed by atoms with Crippen LogP contribution < -0.4 is 15.0 Å². The van der Waals surface area contributed by atoms with Gasteiger partial charge in [-0.1, -0.05) is 0 Å². The molecule has 0 radical (unpaired) electrons. The molecule has 0 aromatic heterocycles. The summed E-state index contributed by atoms with van der Waals surface area (Å²) in [7, 11) is 1.56. The maximum absolute atomic E-state index is 11.1. The lowest BCUT2D eigenvalue weighted by molar-refractivity contribution is -0.384. The minimum Gasteiger partial charge on any atom is -0.497 e. The van der Waals surface area contributed by atoms with Crippen molar-refractivity contribution in [1.29, 1.82) is 0 Å². The molecule has 6 heteroatoms. The highest BCUT2D eigenvalue weighted by Gasteiger charge is 2.21. The lowest BCUT2D eigenvalue weighted by Gasteiger charge is -2.22. The number of anilines is 1. The molecule has 1 saturated heterocycles. The summed E-state index contributed by atoms with van der Waals surface area (Å²) < 4.78 is 5.15. The van der Waals surface area contributed by atoms with Crippen molar-refractivity contribution < 1.29 is 9.66 Å². The molecule has 1 aliphatic rings. The molecule has 1 fully saturated rings. The SMILES string of the molecule is COc1ccc([N+](=O)[O-])c(N2CCCNCC2)c1. The Bertz CT molecular complexity index is 429. The van der Waals surface area contributed by atoms with Crippen LogP contribution in [0, 0.1) is 10.1 Å². The zero-order valence-corrected chi connectivity index (χ0v) is 10.4. The average molecular weight is 251 g/mol. The van der Waals surface area contributed by atoms with Gasteiger partial charge in [0.25, 0.3) is 5.69 Å². The predicted octanol–water partition coefficient (Wildman–Crippen LogP) is 1.40. The van der Waals surface area contributed by atoms with Crippen molar-refractivity contribution in [3.8, 4) is 5.75 Å². The second kappa shape index (κ2) is 5.68. The van der Waals surface area contributed by atoms with Gasteiger partial charge in [0.15, 0.2) is 0 Å². The number of ether oxygens (including phenoxy) is 1. The molecule has 1 aromatic carbocycles. The Balaban J connectivity index is 2.35. The Kier molecular flexibility index (Phi) is 3.99. The Morgan fingerprint density at radius 1 is 1.39 bits per heavy atom. The van der Waals surface area contributed by atoms with Crippen molar-refractivity contribution in [2.24, 2.45) is 0 Å². The highest BCUT2D eigenvalue weighted by Crippen LogP contribution is 2.32. The fourth-order valence-corrected chi connectivity index (χ4v) is 2.12. The Morgan fingerprint density at radius 3 is 2.94 bits per heavy atom. The molecule has 0 aliphatic carbocycles. The van der Waals surface area contributed by atoms with E-state index in [9.17, 15) is 10.1 Å². The van der Waals surface area contributed by atoms with Gasteiger partial charge in [-0.15, -0.1) is 0 Å². The highest BCUT2D eigenvalue weighted by molar-refractivity contribution is 5.66. The molecule has 0 amide bonds. The van der Waals surface area contributed by atoms with E-state index < -0.39 is 0 Å². The van der Waals surface area contributed by atoms with Crippen LogP contribution in [0.3, 0.4) is 0 Å². The summed E-state index contributed by atoms with van der Waals surface area (Å²) in [6.45, 7) is 3.39. The van der Waals surface area contributed by atoms with Crippen LogP contribution in [0.5, 0.6) is 5.75 Å². The molecule has 0 atom stereocenters. The molecular weight excluding hydrogens is 234 g/mol. The minimum absolute atomic E-state index is 0.137. The molecule has 6 nitrogen and oxygen atoms in total. The van der Waals surface area contributed by atoms with Crippen LogP contribution in [0.4, 0.5) is 11.4 Å². The number of nitro groups is 1. The van der Waals surface area contributed by atoms with Crippen LogP contribution in [0.15, 0.2) is 18.2 Å². The Hall–Kier alpha value is -1.82. The molecule has 0 saturated carbocycles. The molecule has 2 rings (SSSR count). The highest BCUT2D eigenvalue weighted by atomic mass is 16.6. The second-order valence-electron chi connectivity index (χ2n) is 4.20. The zero-order valence-electron chi connectivity index (χ0n) is 10.4. The van der Waals surface area contributed by atoms with Gasteiger partial charge >= 0.3 is 0 Å². The van der Waals surface area contributed by atoms with E-state index in [1.807, 2.05) is 4.90 Å². The number of hydrogen-bond donors (Lipinski definition) is 1. The minimum atomic E-state index is -0.340. The van der Waals surface area contributed by atoms with Crippen LogP contribution in [-0.2, 0) is 0 Å².